The second-order valence-electron chi connectivity index (χ2n) is 10.4. The number of aromatic nitrogens is 1. The maximum atomic E-state index is 6.16. The monoisotopic (exact) mass is 538 g/mol. The number of hydrogen-bond acceptors (Lipinski definition) is 3. The van der Waals surface area contributed by atoms with Crippen LogP contribution in [0.5, 0.6) is 0 Å². The van der Waals surface area contributed by atoms with Gasteiger partial charge in [0.25, 0.3) is 0 Å². The van der Waals surface area contributed by atoms with Crippen molar-refractivity contribution in [3.8, 4) is 22.6 Å². The van der Waals surface area contributed by atoms with Gasteiger partial charge in [0.05, 0.1) is 11.4 Å². The lowest BCUT2D eigenvalue weighted by atomic mass is 10.0. The van der Waals surface area contributed by atoms with Gasteiger partial charge in [-0.15, -0.1) is 0 Å². The average molecular weight is 539 g/mol. The zero-order chi connectivity index (χ0) is 27.9. The molecular weight excluding hydrogens is 512 g/mol. The number of para-hydroxylation sites is 1. The van der Waals surface area contributed by atoms with Crippen molar-refractivity contribution in [2.75, 3.05) is 4.90 Å². The summed E-state index contributed by atoms with van der Waals surface area (Å²) in [6.45, 7) is 0. The van der Waals surface area contributed by atoms with Crippen LogP contribution in [0.1, 0.15) is 0 Å². The van der Waals surface area contributed by atoms with Crippen LogP contribution in [0.4, 0.5) is 17.1 Å². The minimum Gasteiger partial charge on any atom is -0.436 e. The molecule has 0 saturated carbocycles. The van der Waals surface area contributed by atoms with E-state index in [9.17, 15) is 0 Å². The number of fused-ring (bicyclic) bond motifs is 3. The van der Waals surface area contributed by atoms with Gasteiger partial charge in [0.15, 0.2) is 5.58 Å². The molecule has 0 atom stereocenters. The van der Waals surface area contributed by atoms with Gasteiger partial charge in [0.2, 0.25) is 5.89 Å². The van der Waals surface area contributed by atoms with Crippen molar-refractivity contribution in [3.05, 3.63) is 158 Å². The van der Waals surface area contributed by atoms with E-state index in [1.54, 1.807) is 0 Å². The molecule has 0 N–H and O–H groups in total. The van der Waals surface area contributed by atoms with E-state index in [1.807, 2.05) is 42.5 Å². The normalized spacial score (nSPS) is 11.3. The number of hydrogen-bond donors (Lipinski definition) is 0. The van der Waals surface area contributed by atoms with Crippen molar-refractivity contribution in [2.45, 2.75) is 0 Å². The minimum atomic E-state index is 0.632. The highest BCUT2D eigenvalue weighted by Gasteiger charge is 2.18. The van der Waals surface area contributed by atoms with Gasteiger partial charge >= 0.3 is 0 Å². The summed E-state index contributed by atoms with van der Waals surface area (Å²) < 4.78 is 6.16. The fourth-order valence-electron chi connectivity index (χ4n) is 5.89. The Bertz CT molecular complexity index is 2110. The summed E-state index contributed by atoms with van der Waals surface area (Å²) in [7, 11) is 0. The molecule has 198 valence electrons. The number of rotatable bonds is 5. The van der Waals surface area contributed by atoms with E-state index in [0.717, 1.165) is 44.9 Å². The van der Waals surface area contributed by atoms with Crippen molar-refractivity contribution in [2.24, 2.45) is 0 Å². The molecule has 8 aromatic rings. The second kappa shape index (κ2) is 10.1. The molecule has 0 bridgehead atoms. The Balaban J connectivity index is 1.28. The van der Waals surface area contributed by atoms with Gasteiger partial charge in [-0.1, -0.05) is 115 Å². The molecule has 0 fully saturated rings. The second-order valence-corrected chi connectivity index (χ2v) is 10.4. The van der Waals surface area contributed by atoms with Crippen LogP contribution in [0.15, 0.2) is 162 Å². The predicted octanol–water partition coefficient (Wildman–Crippen LogP) is 10.9. The highest BCUT2D eigenvalue weighted by atomic mass is 16.3. The van der Waals surface area contributed by atoms with Crippen molar-refractivity contribution in [1.82, 2.24) is 4.98 Å². The summed E-state index contributed by atoms with van der Waals surface area (Å²) in [5.74, 6) is 0.632. The van der Waals surface area contributed by atoms with Crippen LogP contribution in [-0.2, 0) is 0 Å². The first-order chi connectivity index (χ1) is 20.8. The Labute approximate surface area is 243 Å². The largest absolute Gasteiger partial charge is 0.436 e. The summed E-state index contributed by atoms with van der Waals surface area (Å²) >= 11 is 0. The highest BCUT2D eigenvalue weighted by molar-refractivity contribution is 6.05. The maximum Gasteiger partial charge on any atom is 0.227 e. The van der Waals surface area contributed by atoms with Gasteiger partial charge in [-0.25, -0.2) is 4.98 Å². The third-order valence-electron chi connectivity index (χ3n) is 7.89. The number of benzene rings is 7. The van der Waals surface area contributed by atoms with Crippen LogP contribution in [0.2, 0.25) is 0 Å². The molecule has 3 heteroatoms. The molecule has 3 nitrogen and oxygen atoms in total. The lowest BCUT2D eigenvalue weighted by molar-refractivity contribution is 0.620. The molecule has 8 rings (SSSR count). The molecule has 1 heterocycles. The van der Waals surface area contributed by atoms with E-state index in [1.165, 1.54) is 21.5 Å². The van der Waals surface area contributed by atoms with E-state index in [4.69, 9.17) is 9.40 Å². The number of anilines is 3. The van der Waals surface area contributed by atoms with E-state index in [2.05, 4.69) is 120 Å². The van der Waals surface area contributed by atoms with E-state index >= 15 is 0 Å². The van der Waals surface area contributed by atoms with Crippen molar-refractivity contribution < 1.29 is 4.42 Å². The zero-order valence-electron chi connectivity index (χ0n) is 22.8. The zero-order valence-corrected chi connectivity index (χ0v) is 22.8. The van der Waals surface area contributed by atoms with Crippen LogP contribution in [0.3, 0.4) is 0 Å². The summed E-state index contributed by atoms with van der Waals surface area (Å²) in [5, 5.41) is 4.84. The van der Waals surface area contributed by atoms with E-state index < -0.39 is 0 Å². The first kappa shape index (κ1) is 24.2. The molecule has 0 aliphatic heterocycles. The Hall–Kier alpha value is -5.67. The van der Waals surface area contributed by atoms with Crippen LogP contribution < -0.4 is 4.90 Å². The lowest BCUT2D eigenvalue weighted by Crippen LogP contribution is -2.11. The summed E-state index contributed by atoms with van der Waals surface area (Å²) in [5.41, 5.74) is 8.12. The highest BCUT2D eigenvalue weighted by Crippen LogP contribution is 2.42. The molecule has 7 aromatic carbocycles. The van der Waals surface area contributed by atoms with Crippen LogP contribution >= 0.6 is 0 Å². The number of nitrogens with zero attached hydrogens (tertiary/aromatic N) is 2. The van der Waals surface area contributed by atoms with Gasteiger partial charge in [0, 0.05) is 27.6 Å². The van der Waals surface area contributed by atoms with Gasteiger partial charge < -0.3 is 9.32 Å². The first-order valence-corrected chi connectivity index (χ1v) is 14.1. The van der Waals surface area contributed by atoms with Gasteiger partial charge in [-0.3, -0.25) is 0 Å². The average Bonchev–Trinajstić information content (AvgIpc) is 3.51. The first-order valence-electron chi connectivity index (χ1n) is 14.1. The molecule has 0 aliphatic carbocycles. The minimum absolute atomic E-state index is 0.632. The third-order valence-corrected chi connectivity index (χ3v) is 7.89. The lowest BCUT2D eigenvalue weighted by Gasteiger charge is -2.28. The molecule has 42 heavy (non-hydrogen) atoms. The fraction of sp³-hybridized carbons (Fsp3) is 0. The van der Waals surface area contributed by atoms with Crippen molar-refractivity contribution in [1.29, 1.82) is 0 Å². The Morgan fingerprint density at radius 2 is 1.02 bits per heavy atom. The van der Waals surface area contributed by atoms with Crippen molar-refractivity contribution in [3.63, 3.8) is 0 Å². The molecule has 0 saturated heterocycles. The Kier molecular flexibility index (Phi) is 5.79. The fourth-order valence-corrected chi connectivity index (χ4v) is 5.89. The Morgan fingerprint density at radius 1 is 0.452 bits per heavy atom. The van der Waals surface area contributed by atoms with E-state index in [0.29, 0.717) is 5.89 Å². The molecule has 0 radical (unpaired) electrons. The Morgan fingerprint density at radius 3 is 1.69 bits per heavy atom. The SMILES string of the molecule is c1ccc(-c2nc3c(-c4ccc(N(c5cccc6ccccc56)c5cccc6ccccc56)cc4)cccc3o2)cc1. The molecule has 0 aliphatic rings. The summed E-state index contributed by atoms with van der Waals surface area (Å²) in [6, 6.07) is 55.1. The van der Waals surface area contributed by atoms with E-state index in [-0.39, 0.29) is 0 Å². The van der Waals surface area contributed by atoms with Gasteiger partial charge in [0.1, 0.15) is 5.52 Å². The molecule has 1 aromatic heterocycles. The van der Waals surface area contributed by atoms with Crippen molar-refractivity contribution >= 4 is 49.7 Å². The predicted molar refractivity (Wildman–Crippen MR) is 175 cm³/mol. The van der Waals surface area contributed by atoms with Crippen LogP contribution in [0.25, 0.3) is 55.2 Å². The summed E-state index contributed by atoms with van der Waals surface area (Å²) in [4.78, 5) is 7.28. The standard InChI is InChI=1S/C39H26N2O/c1-2-13-30(14-3-1)39-40-38-34(19-10-22-37(38)42-39)29-23-25-31(26-24-29)41(35-20-8-15-27-11-4-6-17-32(27)35)36-21-9-16-28-12-5-7-18-33(28)36/h1-26H. The molecular formula is C39H26N2O. The van der Waals surface area contributed by atoms with Gasteiger partial charge in [-0.05, 0) is 58.8 Å². The summed E-state index contributed by atoms with van der Waals surface area (Å²) in [6.07, 6.45) is 0. The molecule has 0 amide bonds. The third kappa shape index (κ3) is 4.11. The molecule has 0 unspecified atom stereocenters. The molecule has 0 spiro atoms. The topological polar surface area (TPSA) is 29.3 Å². The van der Waals surface area contributed by atoms with Crippen LogP contribution in [-0.4, -0.2) is 4.98 Å². The number of oxazole rings is 1. The maximum absolute atomic E-state index is 6.16. The van der Waals surface area contributed by atoms with Gasteiger partial charge in [-0.2, -0.15) is 0 Å². The smallest absolute Gasteiger partial charge is 0.227 e. The quantitative estimate of drug-likeness (QED) is 0.218. The van der Waals surface area contributed by atoms with Crippen LogP contribution in [0, 0.1) is 0 Å².